The fourth-order valence-corrected chi connectivity index (χ4v) is 2.85. The van der Waals surface area contributed by atoms with Crippen LogP contribution in [-0.2, 0) is 11.4 Å². The van der Waals surface area contributed by atoms with Crippen molar-refractivity contribution in [3.8, 4) is 0 Å². The Morgan fingerprint density at radius 1 is 1.26 bits per heavy atom. The van der Waals surface area contributed by atoms with Crippen molar-refractivity contribution in [2.24, 2.45) is 5.73 Å². The van der Waals surface area contributed by atoms with Crippen LogP contribution in [0.2, 0.25) is 5.15 Å². The number of hydrogen-bond donors (Lipinski definition) is 2. The van der Waals surface area contributed by atoms with Crippen LogP contribution in [0.25, 0.3) is 10.8 Å². The van der Waals surface area contributed by atoms with E-state index in [1.807, 2.05) is 0 Å². The monoisotopic (exact) mass is 365 g/mol. The van der Waals surface area contributed by atoms with Crippen LogP contribution in [0, 0.1) is 0 Å². The van der Waals surface area contributed by atoms with E-state index < -0.39 is 28.5 Å². The summed E-state index contributed by atoms with van der Waals surface area (Å²) in [7, 11) is 0. The lowest BCUT2D eigenvalue weighted by molar-refractivity contribution is -0.153. The molecule has 1 aromatic carbocycles. The van der Waals surface area contributed by atoms with Crippen LogP contribution in [0.5, 0.6) is 0 Å². The van der Waals surface area contributed by atoms with Crippen molar-refractivity contribution in [3.63, 3.8) is 0 Å². The number of aromatic nitrogens is 1. The molecule has 4 nitrogen and oxygen atoms in total. The zero-order chi connectivity index (χ0) is 17.4. The third-order valence-corrected chi connectivity index (χ3v) is 4.69. The minimum Gasteiger partial charge on any atom is -0.597 e. The fraction of sp³-hybridized carbons (Fsp3) is 0.357. The Hall–Kier alpha value is -1.06. The average Bonchev–Trinajstić information content (AvgIpc) is 2.41. The van der Waals surface area contributed by atoms with Crippen LogP contribution in [0.15, 0.2) is 30.5 Å². The second-order valence-corrected chi connectivity index (χ2v) is 7.79. The molecule has 0 bridgehead atoms. The van der Waals surface area contributed by atoms with Crippen molar-refractivity contribution in [1.82, 2.24) is 9.71 Å². The number of fused-ring (bicyclic) bond motifs is 1. The molecule has 23 heavy (non-hydrogen) atoms. The summed E-state index contributed by atoms with van der Waals surface area (Å²) < 4.78 is 54.1. The molecular weight excluding hydrogens is 351 g/mol. The van der Waals surface area contributed by atoms with Gasteiger partial charge in [0.15, 0.2) is 10.9 Å². The smallest absolute Gasteiger partial charge is 0.412 e. The molecule has 0 aliphatic rings. The number of nitrogens with one attached hydrogen (secondary N) is 1. The van der Waals surface area contributed by atoms with Crippen molar-refractivity contribution >= 4 is 33.7 Å². The van der Waals surface area contributed by atoms with Gasteiger partial charge in [-0.05, 0) is 23.1 Å². The van der Waals surface area contributed by atoms with E-state index >= 15 is 0 Å². The summed E-state index contributed by atoms with van der Waals surface area (Å²) in [5.41, 5.74) is 5.52. The Morgan fingerprint density at radius 3 is 2.48 bits per heavy atom. The molecular formula is C14H15ClF3N3OS. The maximum absolute atomic E-state index is 13.4. The SMILES string of the molecule is CC(C)(N)[S@@+]([O-])N[C@H](c1ccc2cnc(Cl)cc2c1)C(F)(F)F. The number of halogens is 4. The topological polar surface area (TPSA) is 74.0 Å². The van der Waals surface area contributed by atoms with Gasteiger partial charge in [-0.25, -0.2) is 4.98 Å². The summed E-state index contributed by atoms with van der Waals surface area (Å²) in [5.74, 6) is 0. The molecule has 0 radical (unpaired) electrons. The standard InChI is InChI=1S/C14H15ClF3N3OS/c1-13(2,19)23(22)21-12(14(16,17)18)8-3-4-9-7-20-11(15)6-10(9)5-8/h3-7,12,21H,19H2,1-2H3/t12-,23-/m1/s1. The number of alkyl halides is 3. The summed E-state index contributed by atoms with van der Waals surface area (Å²) in [6.07, 6.45) is -3.16. The van der Waals surface area contributed by atoms with Gasteiger partial charge in [-0.1, -0.05) is 23.7 Å². The molecule has 9 heteroatoms. The minimum absolute atomic E-state index is 0.0788. The molecule has 0 unspecified atom stereocenters. The highest BCUT2D eigenvalue weighted by Gasteiger charge is 2.45. The number of nitrogens with zero attached hydrogens (tertiary/aromatic N) is 1. The first-order valence-corrected chi connectivity index (χ1v) is 8.10. The quantitative estimate of drug-likeness (QED) is 0.643. The molecule has 0 saturated carbocycles. The van der Waals surface area contributed by atoms with Crippen LogP contribution in [-0.4, -0.2) is 20.6 Å². The van der Waals surface area contributed by atoms with Crippen molar-refractivity contribution in [3.05, 3.63) is 41.2 Å². The molecule has 0 saturated heterocycles. The normalized spacial score (nSPS) is 15.7. The van der Waals surface area contributed by atoms with Gasteiger partial charge in [0.1, 0.15) is 5.15 Å². The van der Waals surface area contributed by atoms with Gasteiger partial charge in [-0.3, -0.25) is 5.73 Å². The van der Waals surface area contributed by atoms with Gasteiger partial charge >= 0.3 is 6.18 Å². The molecule has 2 rings (SSSR count). The molecule has 0 spiro atoms. The molecule has 3 N–H and O–H groups in total. The molecule has 1 aromatic heterocycles. The van der Waals surface area contributed by atoms with E-state index in [-0.39, 0.29) is 10.7 Å². The van der Waals surface area contributed by atoms with E-state index in [1.54, 1.807) is 0 Å². The summed E-state index contributed by atoms with van der Waals surface area (Å²) in [6.45, 7) is 2.77. The summed E-state index contributed by atoms with van der Waals surface area (Å²) in [5, 5.41) is 1.34. The van der Waals surface area contributed by atoms with E-state index in [4.69, 9.17) is 17.3 Å². The van der Waals surface area contributed by atoms with Crippen LogP contribution >= 0.6 is 11.6 Å². The molecule has 0 amide bonds. The predicted molar refractivity (Wildman–Crippen MR) is 85.1 cm³/mol. The average molecular weight is 366 g/mol. The van der Waals surface area contributed by atoms with Crippen molar-refractivity contribution < 1.29 is 17.7 Å². The van der Waals surface area contributed by atoms with Crippen LogP contribution in [0.3, 0.4) is 0 Å². The van der Waals surface area contributed by atoms with Crippen molar-refractivity contribution in [1.29, 1.82) is 0 Å². The van der Waals surface area contributed by atoms with Crippen LogP contribution < -0.4 is 10.5 Å². The van der Waals surface area contributed by atoms with E-state index in [2.05, 4.69) is 9.71 Å². The first-order chi connectivity index (χ1) is 10.5. The number of rotatable bonds is 4. The molecule has 0 aliphatic carbocycles. The Bertz CT molecular complexity index is 706. The van der Waals surface area contributed by atoms with Crippen LogP contribution in [0.4, 0.5) is 13.2 Å². The molecule has 1 heterocycles. The highest BCUT2D eigenvalue weighted by molar-refractivity contribution is 7.90. The summed E-state index contributed by atoms with van der Waals surface area (Å²) >= 11 is 3.69. The van der Waals surface area contributed by atoms with E-state index in [1.165, 1.54) is 44.3 Å². The van der Waals surface area contributed by atoms with Gasteiger partial charge in [0.25, 0.3) is 0 Å². The maximum Gasteiger partial charge on any atom is 0.412 e. The lowest BCUT2D eigenvalue weighted by Gasteiger charge is -2.29. The Morgan fingerprint density at radius 2 is 1.91 bits per heavy atom. The Labute approximate surface area is 139 Å². The number of pyridine rings is 1. The van der Waals surface area contributed by atoms with Gasteiger partial charge in [0.05, 0.1) is 11.4 Å². The van der Waals surface area contributed by atoms with Gasteiger partial charge in [-0.15, -0.1) is 4.72 Å². The summed E-state index contributed by atoms with van der Waals surface area (Å²) in [6, 6.07) is 3.52. The fourth-order valence-electron chi connectivity index (χ4n) is 1.89. The van der Waals surface area contributed by atoms with Gasteiger partial charge in [0.2, 0.25) is 0 Å². The van der Waals surface area contributed by atoms with Gasteiger partial charge in [-0.2, -0.15) is 13.2 Å². The second-order valence-electron chi connectivity index (χ2n) is 5.58. The molecule has 0 fully saturated rings. The van der Waals surface area contributed by atoms with Crippen LogP contribution in [0.1, 0.15) is 25.5 Å². The number of hydrogen-bond acceptors (Lipinski definition) is 4. The number of nitrogens with two attached hydrogens (primary N) is 1. The third-order valence-electron chi connectivity index (χ3n) is 3.08. The van der Waals surface area contributed by atoms with Gasteiger partial charge < -0.3 is 4.55 Å². The zero-order valence-corrected chi connectivity index (χ0v) is 13.9. The largest absolute Gasteiger partial charge is 0.597 e. The first kappa shape index (κ1) is 18.3. The minimum atomic E-state index is -4.63. The summed E-state index contributed by atoms with van der Waals surface area (Å²) in [4.78, 5) is 2.56. The highest BCUT2D eigenvalue weighted by Crippen LogP contribution is 2.35. The zero-order valence-electron chi connectivity index (χ0n) is 12.3. The predicted octanol–water partition coefficient (Wildman–Crippen LogP) is 3.44. The Kier molecular flexibility index (Phi) is 5.12. The molecule has 0 aliphatic heterocycles. The molecule has 2 atom stereocenters. The first-order valence-electron chi connectivity index (χ1n) is 6.57. The number of benzene rings is 1. The highest BCUT2D eigenvalue weighted by atomic mass is 35.5. The molecule has 126 valence electrons. The Balaban J connectivity index is 2.43. The van der Waals surface area contributed by atoms with Crippen molar-refractivity contribution in [2.45, 2.75) is 30.9 Å². The lowest BCUT2D eigenvalue weighted by atomic mass is 10.0. The lowest BCUT2D eigenvalue weighted by Crippen LogP contribution is -2.51. The van der Waals surface area contributed by atoms with E-state index in [0.717, 1.165) is 0 Å². The van der Waals surface area contributed by atoms with E-state index in [0.29, 0.717) is 10.8 Å². The van der Waals surface area contributed by atoms with E-state index in [9.17, 15) is 17.7 Å². The molecule has 2 aromatic rings. The van der Waals surface area contributed by atoms with Crippen molar-refractivity contribution in [2.75, 3.05) is 0 Å². The third kappa shape index (κ3) is 4.48. The second kappa shape index (κ2) is 6.45. The van der Waals surface area contributed by atoms with Gasteiger partial charge in [0, 0.05) is 25.4 Å². The maximum atomic E-state index is 13.4.